The number of rotatable bonds is 2. The van der Waals surface area contributed by atoms with Gasteiger partial charge in [-0.2, -0.15) is 0 Å². The molecular weight excluding hydrogens is 291 g/mol. The van der Waals surface area contributed by atoms with Crippen molar-refractivity contribution in [3.63, 3.8) is 0 Å². The molecule has 0 bridgehead atoms. The topological polar surface area (TPSA) is 17.1 Å². The number of halogens is 2. The molecule has 0 radical (unpaired) electrons. The van der Waals surface area contributed by atoms with Crippen molar-refractivity contribution in [2.24, 2.45) is 0 Å². The molecule has 0 aromatic heterocycles. The minimum Gasteiger partial charge on any atom is -0.288 e. The van der Waals surface area contributed by atoms with Crippen LogP contribution in [0.4, 0.5) is 4.39 Å². The Morgan fingerprint density at radius 2 is 2.31 bits per heavy atom. The van der Waals surface area contributed by atoms with Crippen molar-refractivity contribution >= 4 is 32.8 Å². The van der Waals surface area contributed by atoms with E-state index in [2.05, 4.69) is 27.8 Å². The van der Waals surface area contributed by atoms with Crippen molar-refractivity contribution in [3.05, 3.63) is 34.1 Å². The summed E-state index contributed by atoms with van der Waals surface area (Å²) in [4.78, 5) is 10.6. The van der Waals surface area contributed by atoms with Gasteiger partial charge >= 0.3 is 0 Å². The van der Waals surface area contributed by atoms with Gasteiger partial charge in [-0.15, -0.1) is 0 Å². The highest BCUT2D eigenvalue weighted by Crippen LogP contribution is 2.14. The van der Waals surface area contributed by atoms with E-state index in [1.165, 1.54) is 24.8 Å². The summed E-state index contributed by atoms with van der Waals surface area (Å²) in [5, 5.41) is 0.0791. The van der Waals surface area contributed by atoms with Crippen LogP contribution in [0.25, 0.3) is 0 Å². The van der Waals surface area contributed by atoms with Crippen LogP contribution in [0.5, 0.6) is 0 Å². The Morgan fingerprint density at radius 1 is 1.56 bits per heavy atom. The fourth-order valence-electron chi connectivity index (χ4n) is 0.997. The summed E-state index contributed by atoms with van der Waals surface area (Å²) < 4.78 is 14.0. The maximum absolute atomic E-state index is 13.2. The zero-order chi connectivity index (χ0) is 12.0. The van der Waals surface area contributed by atoms with Gasteiger partial charge in [0.25, 0.3) is 0 Å². The molecule has 0 aliphatic rings. The molecule has 0 aliphatic carbocycles. The average Bonchev–Trinajstić information content (AvgIpc) is 2.22. The SMILES string of the molecule is CC(=O)SCCC#Cc1cc(Br)ccc1F. The van der Waals surface area contributed by atoms with Crippen molar-refractivity contribution in [2.45, 2.75) is 13.3 Å². The standard InChI is InChI=1S/C12H10BrFOS/c1-9(15)16-7-3-2-4-10-8-11(13)5-6-12(10)14/h5-6,8H,3,7H2,1H3. The van der Waals surface area contributed by atoms with Crippen LogP contribution in [-0.4, -0.2) is 10.9 Å². The third-order valence-corrected chi connectivity index (χ3v) is 2.99. The lowest BCUT2D eigenvalue weighted by atomic mass is 10.2. The van der Waals surface area contributed by atoms with Crippen LogP contribution >= 0.6 is 27.7 Å². The molecule has 0 atom stereocenters. The van der Waals surface area contributed by atoms with Crippen LogP contribution in [0.2, 0.25) is 0 Å². The number of hydrogen-bond acceptors (Lipinski definition) is 2. The van der Waals surface area contributed by atoms with Gasteiger partial charge in [0, 0.05) is 23.6 Å². The minimum atomic E-state index is -0.324. The van der Waals surface area contributed by atoms with E-state index in [-0.39, 0.29) is 10.9 Å². The van der Waals surface area contributed by atoms with Crippen LogP contribution in [0.1, 0.15) is 18.9 Å². The van der Waals surface area contributed by atoms with Crippen LogP contribution in [0, 0.1) is 17.7 Å². The Kier molecular flexibility index (Phi) is 5.58. The molecule has 0 spiro atoms. The number of hydrogen-bond donors (Lipinski definition) is 0. The first kappa shape index (κ1) is 13.3. The van der Waals surface area contributed by atoms with Crippen molar-refractivity contribution < 1.29 is 9.18 Å². The number of carbonyl (C=O) groups excluding carboxylic acids is 1. The minimum absolute atomic E-state index is 0.0791. The van der Waals surface area contributed by atoms with E-state index >= 15 is 0 Å². The Morgan fingerprint density at radius 3 is 3.00 bits per heavy atom. The summed E-state index contributed by atoms with van der Waals surface area (Å²) in [6.45, 7) is 1.52. The first-order valence-corrected chi connectivity index (χ1v) is 6.45. The van der Waals surface area contributed by atoms with Crippen molar-refractivity contribution in [2.75, 3.05) is 5.75 Å². The van der Waals surface area contributed by atoms with Gasteiger partial charge in [0.1, 0.15) is 5.82 Å². The third kappa shape index (κ3) is 4.82. The molecule has 0 N–H and O–H groups in total. The first-order chi connectivity index (χ1) is 7.59. The number of benzene rings is 1. The van der Waals surface area contributed by atoms with Gasteiger partial charge in [-0.05, 0) is 18.2 Å². The number of carbonyl (C=O) groups is 1. The lowest BCUT2D eigenvalue weighted by Crippen LogP contribution is -1.85. The quantitative estimate of drug-likeness (QED) is 0.613. The molecule has 0 heterocycles. The molecule has 0 unspecified atom stereocenters. The van der Waals surface area contributed by atoms with E-state index < -0.39 is 0 Å². The maximum atomic E-state index is 13.2. The summed E-state index contributed by atoms with van der Waals surface area (Å²) in [5.74, 6) is 5.92. The molecule has 0 fully saturated rings. The summed E-state index contributed by atoms with van der Waals surface area (Å²) in [6.07, 6.45) is 0.580. The highest BCUT2D eigenvalue weighted by atomic mass is 79.9. The molecule has 1 rings (SSSR count). The van der Waals surface area contributed by atoms with Gasteiger partial charge in [-0.25, -0.2) is 4.39 Å². The van der Waals surface area contributed by atoms with Gasteiger partial charge in [0.2, 0.25) is 0 Å². The van der Waals surface area contributed by atoms with E-state index in [0.29, 0.717) is 17.7 Å². The van der Waals surface area contributed by atoms with E-state index in [9.17, 15) is 9.18 Å². The molecule has 0 saturated carbocycles. The molecule has 4 heteroatoms. The van der Waals surface area contributed by atoms with Crippen molar-refractivity contribution in [1.82, 2.24) is 0 Å². The van der Waals surface area contributed by atoms with Crippen LogP contribution < -0.4 is 0 Å². The van der Waals surface area contributed by atoms with Crippen molar-refractivity contribution in [3.8, 4) is 11.8 Å². The largest absolute Gasteiger partial charge is 0.288 e. The van der Waals surface area contributed by atoms with Gasteiger partial charge in [-0.3, -0.25) is 4.79 Å². The highest BCUT2D eigenvalue weighted by Gasteiger charge is 1.98. The summed E-state index contributed by atoms with van der Waals surface area (Å²) in [7, 11) is 0. The lowest BCUT2D eigenvalue weighted by molar-refractivity contribution is -0.109. The van der Waals surface area contributed by atoms with E-state index in [4.69, 9.17) is 0 Å². The molecule has 1 aromatic rings. The van der Waals surface area contributed by atoms with Crippen LogP contribution in [0.15, 0.2) is 22.7 Å². The first-order valence-electron chi connectivity index (χ1n) is 4.67. The molecule has 0 aliphatic heterocycles. The fraction of sp³-hybridized carbons (Fsp3) is 0.250. The smallest absolute Gasteiger partial charge is 0.185 e. The Labute approximate surface area is 107 Å². The number of thioether (sulfide) groups is 1. The predicted octanol–water partition coefficient (Wildman–Crippen LogP) is 3.61. The van der Waals surface area contributed by atoms with E-state index in [1.54, 1.807) is 12.1 Å². The van der Waals surface area contributed by atoms with Gasteiger partial charge in [0.05, 0.1) is 5.56 Å². The molecule has 84 valence electrons. The van der Waals surface area contributed by atoms with E-state index in [1.807, 2.05) is 0 Å². The highest BCUT2D eigenvalue weighted by molar-refractivity contribution is 9.10. The van der Waals surface area contributed by atoms with Crippen LogP contribution in [-0.2, 0) is 4.79 Å². The van der Waals surface area contributed by atoms with Crippen molar-refractivity contribution in [1.29, 1.82) is 0 Å². The van der Waals surface area contributed by atoms with Crippen LogP contribution in [0.3, 0.4) is 0 Å². The fourth-order valence-corrected chi connectivity index (χ4v) is 1.85. The summed E-state index contributed by atoms with van der Waals surface area (Å²) in [6, 6.07) is 4.64. The second-order valence-corrected chi connectivity index (χ2v) is 5.20. The zero-order valence-corrected chi connectivity index (χ0v) is 11.1. The third-order valence-electron chi connectivity index (χ3n) is 1.68. The molecule has 16 heavy (non-hydrogen) atoms. The van der Waals surface area contributed by atoms with Gasteiger partial charge in [-0.1, -0.05) is 39.5 Å². The van der Waals surface area contributed by atoms with Gasteiger partial charge in [0.15, 0.2) is 5.12 Å². The predicted molar refractivity (Wildman–Crippen MR) is 68.7 cm³/mol. The molecule has 1 aromatic carbocycles. The van der Waals surface area contributed by atoms with Gasteiger partial charge < -0.3 is 0 Å². The molecule has 0 saturated heterocycles. The normalized spacial score (nSPS) is 9.44. The lowest BCUT2D eigenvalue weighted by Gasteiger charge is -1.94. The Balaban J connectivity index is 2.56. The molecule has 1 nitrogen and oxygen atoms in total. The average molecular weight is 301 g/mol. The van der Waals surface area contributed by atoms with E-state index in [0.717, 1.165) is 4.47 Å². The summed E-state index contributed by atoms with van der Waals surface area (Å²) in [5.41, 5.74) is 0.377. The Hall–Kier alpha value is -0.790. The summed E-state index contributed by atoms with van der Waals surface area (Å²) >= 11 is 4.48. The maximum Gasteiger partial charge on any atom is 0.185 e. The Bertz CT molecular complexity index is 448. The second kappa shape index (κ2) is 6.72. The zero-order valence-electron chi connectivity index (χ0n) is 8.72. The molecular formula is C12H10BrFOS. The monoisotopic (exact) mass is 300 g/mol. The molecule has 0 amide bonds. The second-order valence-electron chi connectivity index (χ2n) is 3.02.